The molecule has 1 unspecified atom stereocenters. The highest BCUT2D eigenvalue weighted by molar-refractivity contribution is 5.99. The SMILES string of the molecule is C=CCNC(=O)c1cnc(Nc2ccc(NCCCCNC)cc2)nc1Nc1cn2c(n1)C(C)(O)CC2.CC. The van der Waals surface area contributed by atoms with Crippen LogP contribution in [0.25, 0.3) is 0 Å². The van der Waals surface area contributed by atoms with E-state index in [1.54, 1.807) is 13.0 Å². The Balaban J connectivity index is 0.00000205. The van der Waals surface area contributed by atoms with Gasteiger partial charge in [0.1, 0.15) is 28.6 Å². The van der Waals surface area contributed by atoms with E-state index in [2.05, 4.69) is 48.1 Å². The molecule has 0 saturated heterocycles. The lowest BCUT2D eigenvalue weighted by Crippen LogP contribution is -2.25. The van der Waals surface area contributed by atoms with Gasteiger partial charge in [0.2, 0.25) is 5.95 Å². The number of hydrogen-bond donors (Lipinski definition) is 6. The molecule has 11 nitrogen and oxygen atoms in total. The molecule has 1 aromatic carbocycles. The number of anilines is 5. The molecule has 1 atom stereocenters. The molecule has 4 rings (SSSR count). The van der Waals surface area contributed by atoms with Crippen molar-refractivity contribution in [3.8, 4) is 0 Å². The van der Waals surface area contributed by atoms with Gasteiger partial charge < -0.3 is 36.3 Å². The molecule has 6 N–H and O–H groups in total. The second-order valence-electron chi connectivity index (χ2n) is 9.19. The lowest BCUT2D eigenvalue weighted by molar-refractivity contribution is 0.0552. The number of aromatic nitrogens is 4. The highest BCUT2D eigenvalue weighted by Crippen LogP contribution is 2.33. The van der Waals surface area contributed by atoms with Gasteiger partial charge in [-0.1, -0.05) is 19.9 Å². The van der Waals surface area contributed by atoms with Crippen molar-refractivity contribution in [2.24, 2.45) is 0 Å². The summed E-state index contributed by atoms with van der Waals surface area (Å²) in [7, 11) is 1.96. The Labute approximate surface area is 230 Å². The van der Waals surface area contributed by atoms with Crippen LogP contribution in [0.4, 0.5) is 29.0 Å². The van der Waals surface area contributed by atoms with Crippen LogP contribution in [0, 0.1) is 0 Å². The molecule has 3 aromatic rings. The number of rotatable bonds is 13. The minimum absolute atomic E-state index is 0.269. The molecule has 11 heteroatoms. The Morgan fingerprint density at radius 1 is 1.13 bits per heavy atom. The highest BCUT2D eigenvalue weighted by Gasteiger charge is 2.35. The number of carbonyl (C=O) groups excluding carboxylic acids is 1. The normalized spacial score (nSPS) is 15.5. The number of nitrogens with zero attached hydrogens (tertiary/aromatic N) is 4. The molecule has 1 aliphatic rings. The van der Waals surface area contributed by atoms with Gasteiger partial charge in [-0.2, -0.15) is 4.98 Å². The zero-order valence-electron chi connectivity index (χ0n) is 23.3. The van der Waals surface area contributed by atoms with E-state index < -0.39 is 5.60 Å². The molecule has 210 valence electrons. The van der Waals surface area contributed by atoms with Gasteiger partial charge in [0, 0.05) is 49.8 Å². The Morgan fingerprint density at radius 2 is 1.85 bits per heavy atom. The van der Waals surface area contributed by atoms with Crippen LogP contribution in [0.1, 0.15) is 56.2 Å². The number of hydrogen-bond acceptors (Lipinski definition) is 9. The fourth-order valence-electron chi connectivity index (χ4n) is 4.07. The molecule has 2 aromatic heterocycles. The van der Waals surface area contributed by atoms with Crippen molar-refractivity contribution in [2.75, 3.05) is 42.6 Å². The maximum atomic E-state index is 12.7. The van der Waals surface area contributed by atoms with Gasteiger partial charge in [-0.25, -0.2) is 9.97 Å². The summed E-state index contributed by atoms with van der Waals surface area (Å²) in [4.78, 5) is 26.2. The summed E-state index contributed by atoms with van der Waals surface area (Å²) < 4.78 is 1.90. The van der Waals surface area contributed by atoms with Gasteiger partial charge >= 0.3 is 0 Å². The summed E-state index contributed by atoms with van der Waals surface area (Å²) in [5, 5.41) is 26.2. The summed E-state index contributed by atoms with van der Waals surface area (Å²) in [5.41, 5.74) is 1.13. The Bertz CT molecular complexity index is 1220. The smallest absolute Gasteiger partial charge is 0.256 e. The van der Waals surface area contributed by atoms with Crippen LogP contribution in [0.3, 0.4) is 0 Å². The van der Waals surface area contributed by atoms with Crippen LogP contribution in [0.5, 0.6) is 0 Å². The van der Waals surface area contributed by atoms with E-state index in [9.17, 15) is 9.90 Å². The number of unbranched alkanes of at least 4 members (excludes halogenated alkanes) is 1. The molecule has 1 aliphatic heterocycles. The molecule has 0 saturated carbocycles. The first-order valence-corrected chi connectivity index (χ1v) is 13.5. The molecule has 3 heterocycles. The van der Waals surface area contributed by atoms with Gasteiger partial charge in [-0.15, -0.1) is 6.58 Å². The van der Waals surface area contributed by atoms with Gasteiger partial charge in [-0.05, 0) is 57.6 Å². The lowest BCUT2D eigenvalue weighted by atomic mass is 10.1. The van der Waals surface area contributed by atoms with Crippen LogP contribution in [-0.2, 0) is 12.1 Å². The zero-order valence-corrected chi connectivity index (χ0v) is 23.3. The average molecular weight is 536 g/mol. The number of imidazole rings is 1. The fraction of sp³-hybridized carbons (Fsp3) is 0.429. The predicted molar refractivity (Wildman–Crippen MR) is 157 cm³/mol. The third-order valence-electron chi connectivity index (χ3n) is 6.11. The summed E-state index contributed by atoms with van der Waals surface area (Å²) >= 11 is 0. The molecular formula is C28H41N9O2. The van der Waals surface area contributed by atoms with E-state index in [1.807, 2.05) is 55.9 Å². The number of nitrogens with one attached hydrogen (secondary N) is 5. The van der Waals surface area contributed by atoms with E-state index in [0.29, 0.717) is 42.9 Å². The summed E-state index contributed by atoms with van der Waals surface area (Å²) in [6.07, 6.45) is 7.70. The summed E-state index contributed by atoms with van der Waals surface area (Å²) in [6.45, 7) is 12.3. The first-order chi connectivity index (χ1) is 18.9. The van der Waals surface area contributed by atoms with E-state index in [1.165, 1.54) is 6.20 Å². The van der Waals surface area contributed by atoms with Crippen LogP contribution in [-0.4, -0.2) is 57.2 Å². The second kappa shape index (κ2) is 14.3. The number of benzene rings is 1. The number of aryl methyl sites for hydroxylation is 1. The van der Waals surface area contributed by atoms with E-state index in [0.717, 1.165) is 37.3 Å². The largest absolute Gasteiger partial charge is 0.385 e. The van der Waals surface area contributed by atoms with Gasteiger partial charge in [0.15, 0.2) is 0 Å². The van der Waals surface area contributed by atoms with Crippen LogP contribution >= 0.6 is 0 Å². The van der Waals surface area contributed by atoms with Crippen LogP contribution < -0.4 is 26.6 Å². The van der Waals surface area contributed by atoms with Crippen molar-refractivity contribution in [2.45, 2.75) is 52.2 Å². The average Bonchev–Trinajstić information content (AvgIpc) is 3.48. The van der Waals surface area contributed by atoms with Crippen molar-refractivity contribution in [1.29, 1.82) is 0 Å². The molecule has 0 radical (unpaired) electrons. The standard InChI is InChI=1S/C26H35N9O2.C2H6/c1-4-12-29-23(36)20-16-30-25(31-19-9-7-18(8-10-19)28-14-6-5-13-27-3)34-22(20)32-21-17-35-15-11-26(2,37)24(35)33-21;1-2/h4,7-10,16-17,27-28,37H,1,5-6,11-15H2,2-3H3,(H,29,36)(H2,30,31,32,34);1-2H3. The fourth-order valence-corrected chi connectivity index (χ4v) is 4.07. The van der Waals surface area contributed by atoms with Gasteiger partial charge in [0.25, 0.3) is 5.91 Å². The van der Waals surface area contributed by atoms with E-state index in [4.69, 9.17) is 0 Å². The number of fused-ring (bicyclic) bond motifs is 1. The number of carbonyl (C=O) groups is 1. The number of aliphatic hydroxyl groups is 1. The maximum absolute atomic E-state index is 12.7. The topological polar surface area (TPSA) is 141 Å². The third-order valence-corrected chi connectivity index (χ3v) is 6.11. The van der Waals surface area contributed by atoms with Crippen molar-refractivity contribution in [3.05, 3.63) is 60.7 Å². The molecule has 0 spiro atoms. The molecule has 1 amide bonds. The zero-order chi connectivity index (χ0) is 28.3. The molecule has 0 aliphatic carbocycles. The Kier molecular flexibility index (Phi) is 10.8. The third kappa shape index (κ3) is 8.01. The number of amides is 1. The maximum Gasteiger partial charge on any atom is 0.256 e. The van der Waals surface area contributed by atoms with Gasteiger partial charge in [-0.3, -0.25) is 4.79 Å². The van der Waals surface area contributed by atoms with Crippen LogP contribution in [0.15, 0.2) is 49.3 Å². The van der Waals surface area contributed by atoms with E-state index in [-0.39, 0.29) is 11.5 Å². The molecular weight excluding hydrogens is 494 g/mol. The monoisotopic (exact) mass is 535 g/mol. The molecule has 39 heavy (non-hydrogen) atoms. The minimum atomic E-state index is -0.990. The highest BCUT2D eigenvalue weighted by atomic mass is 16.3. The summed E-state index contributed by atoms with van der Waals surface area (Å²) in [6, 6.07) is 7.88. The van der Waals surface area contributed by atoms with Crippen molar-refractivity contribution in [3.63, 3.8) is 0 Å². The first kappa shape index (κ1) is 29.6. The van der Waals surface area contributed by atoms with Crippen molar-refractivity contribution >= 4 is 34.9 Å². The predicted octanol–water partition coefficient (Wildman–Crippen LogP) is 4.13. The van der Waals surface area contributed by atoms with Crippen molar-refractivity contribution in [1.82, 2.24) is 30.2 Å². The Hall–Kier alpha value is -3.96. The van der Waals surface area contributed by atoms with Crippen molar-refractivity contribution < 1.29 is 9.90 Å². The second-order valence-corrected chi connectivity index (χ2v) is 9.19. The molecule has 0 fully saturated rings. The van der Waals surface area contributed by atoms with Gasteiger partial charge in [0.05, 0.1) is 0 Å². The molecule has 0 bridgehead atoms. The Morgan fingerprint density at radius 3 is 2.54 bits per heavy atom. The minimum Gasteiger partial charge on any atom is -0.385 e. The quantitative estimate of drug-likeness (QED) is 0.141. The summed E-state index contributed by atoms with van der Waals surface area (Å²) in [5.74, 6) is 1.36. The van der Waals surface area contributed by atoms with Crippen LogP contribution in [0.2, 0.25) is 0 Å². The first-order valence-electron chi connectivity index (χ1n) is 13.5. The lowest BCUT2D eigenvalue weighted by Gasteiger charge is -2.14. The van der Waals surface area contributed by atoms with E-state index >= 15 is 0 Å².